The van der Waals surface area contributed by atoms with Gasteiger partial charge in [0.2, 0.25) is 5.91 Å². The number of hydrazone groups is 1. The lowest BCUT2D eigenvalue weighted by Crippen LogP contribution is -2.39. The number of nitrogens with zero attached hydrogens (tertiary/aromatic N) is 1. The van der Waals surface area contributed by atoms with Gasteiger partial charge in [-0.3, -0.25) is 14.4 Å². The second-order valence-electron chi connectivity index (χ2n) is 5.23. The molecule has 0 aliphatic carbocycles. The molecule has 0 radical (unpaired) electrons. The van der Waals surface area contributed by atoms with Crippen molar-refractivity contribution in [1.29, 1.82) is 0 Å². The highest BCUT2D eigenvalue weighted by Gasteiger charge is 2.12. The summed E-state index contributed by atoms with van der Waals surface area (Å²) in [5.41, 5.74) is 3.90. The molecule has 3 N–H and O–H groups in total. The number of nitrogens with one attached hydrogen (secondary N) is 3. The number of carbonyl (C=O) groups excluding carboxylic acids is 3. The summed E-state index contributed by atoms with van der Waals surface area (Å²) in [5.74, 6) is -2.06. The lowest BCUT2D eigenvalue weighted by molar-refractivity contribution is -0.139. The number of rotatable bonds is 7. The summed E-state index contributed by atoms with van der Waals surface area (Å²) in [6.07, 6.45) is -0.0446. The second kappa shape index (κ2) is 10.4. The number of amides is 3. The predicted molar refractivity (Wildman–Crippen MR) is 95.6 cm³/mol. The van der Waals surface area contributed by atoms with Crippen LogP contribution in [-0.4, -0.2) is 43.7 Å². The highest BCUT2D eigenvalue weighted by Crippen LogP contribution is 2.19. The zero-order chi connectivity index (χ0) is 18.8. The zero-order valence-corrected chi connectivity index (χ0v) is 15.1. The average molecular weight is 369 g/mol. The fourth-order valence-electron chi connectivity index (χ4n) is 1.69. The molecule has 25 heavy (non-hydrogen) atoms. The molecule has 9 heteroatoms. The van der Waals surface area contributed by atoms with Crippen LogP contribution in [0.25, 0.3) is 0 Å². The molecule has 1 aromatic rings. The van der Waals surface area contributed by atoms with Gasteiger partial charge in [0, 0.05) is 30.1 Å². The monoisotopic (exact) mass is 368 g/mol. The molecule has 0 heterocycles. The first-order valence-corrected chi connectivity index (χ1v) is 7.87. The van der Waals surface area contributed by atoms with Crippen LogP contribution in [0.15, 0.2) is 23.3 Å². The standard InChI is InChI=1S/C16H21ClN4O4/c1-10-4-5-12(9-13(10)17)19-14(22)8-11(2)20-21-16(24)15(23)18-6-7-25-3/h4-5,9H,6-8H2,1-3H3,(H,18,23)(H,19,22)(H,21,24)/b20-11+. The van der Waals surface area contributed by atoms with Crippen LogP contribution in [-0.2, 0) is 19.1 Å². The SMILES string of the molecule is COCCNC(=O)C(=O)N/N=C(\C)CC(=O)Nc1ccc(C)c(Cl)c1. The van der Waals surface area contributed by atoms with Gasteiger partial charge in [0.25, 0.3) is 0 Å². The van der Waals surface area contributed by atoms with Crippen molar-refractivity contribution in [3.05, 3.63) is 28.8 Å². The third-order valence-electron chi connectivity index (χ3n) is 3.02. The molecule has 0 aliphatic heterocycles. The fraction of sp³-hybridized carbons (Fsp3) is 0.375. The molecule has 0 saturated heterocycles. The van der Waals surface area contributed by atoms with Gasteiger partial charge in [0.1, 0.15) is 0 Å². The van der Waals surface area contributed by atoms with Crippen LogP contribution in [0.5, 0.6) is 0 Å². The number of hydrogen-bond acceptors (Lipinski definition) is 5. The molecule has 0 saturated carbocycles. The maximum absolute atomic E-state index is 11.9. The lowest BCUT2D eigenvalue weighted by Gasteiger charge is -2.07. The van der Waals surface area contributed by atoms with E-state index in [1.165, 1.54) is 7.11 Å². The Morgan fingerprint density at radius 1 is 1.24 bits per heavy atom. The number of hydrogen-bond donors (Lipinski definition) is 3. The van der Waals surface area contributed by atoms with Gasteiger partial charge in [0.15, 0.2) is 0 Å². The molecule has 3 amide bonds. The van der Waals surface area contributed by atoms with Crippen LogP contribution < -0.4 is 16.1 Å². The Balaban J connectivity index is 2.45. The first-order chi connectivity index (χ1) is 11.8. The van der Waals surface area contributed by atoms with Crippen molar-refractivity contribution in [3.63, 3.8) is 0 Å². The molecule has 0 unspecified atom stereocenters. The van der Waals surface area contributed by atoms with Crippen LogP contribution >= 0.6 is 11.6 Å². The van der Waals surface area contributed by atoms with Gasteiger partial charge in [0.05, 0.1) is 13.0 Å². The Bertz CT molecular complexity index is 676. The topological polar surface area (TPSA) is 109 Å². The first-order valence-electron chi connectivity index (χ1n) is 7.49. The Kier molecular flexibility index (Phi) is 8.59. The van der Waals surface area contributed by atoms with E-state index in [-0.39, 0.29) is 18.9 Å². The van der Waals surface area contributed by atoms with E-state index in [0.29, 0.717) is 23.0 Å². The number of carbonyl (C=O) groups is 3. The van der Waals surface area contributed by atoms with Gasteiger partial charge >= 0.3 is 11.8 Å². The molecule has 0 spiro atoms. The molecule has 1 aromatic carbocycles. The van der Waals surface area contributed by atoms with Crippen molar-refractivity contribution in [3.8, 4) is 0 Å². The van der Waals surface area contributed by atoms with Gasteiger partial charge < -0.3 is 15.4 Å². The minimum atomic E-state index is -0.916. The van der Waals surface area contributed by atoms with Crippen LogP contribution in [0.1, 0.15) is 18.9 Å². The highest BCUT2D eigenvalue weighted by molar-refractivity contribution is 6.35. The van der Waals surface area contributed by atoms with Gasteiger partial charge in [-0.05, 0) is 31.5 Å². The Hall–Kier alpha value is -2.45. The predicted octanol–water partition coefficient (Wildman–Crippen LogP) is 1.23. The summed E-state index contributed by atoms with van der Waals surface area (Å²) >= 11 is 5.99. The van der Waals surface area contributed by atoms with E-state index in [2.05, 4.69) is 21.2 Å². The smallest absolute Gasteiger partial charge is 0.329 e. The maximum atomic E-state index is 11.9. The Morgan fingerprint density at radius 3 is 2.60 bits per heavy atom. The third kappa shape index (κ3) is 7.77. The zero-order valence-electron chi connectivity index (χ0n) is 14.3. The van der Waals surface area contributed by atoms with Crippen molar-refractivity contribution in [2.75, 3.05) is 25.6 Å². The molecular formula is C16H21ClN4O4. The fourth-order valence-corrected chi connectivity index (χ4v) is 1.87. The molecule has 0 aromatic heterocycles. The minimum Gasteiger partial charge on any atom is -0.383 e. The number of methoxy groups -OCH3 is 1. The van der Waals surface area contributed by atoms with Gasteiger partial charge in [-0.25, -0.2) is 5.43 Å². The summed E-state index contributed by atoms with van der Waals surface area (Å²) in [5, 5.41) is 9.30. The second-order valence-corrected chi connectivity index (χ2v) is 5.63. The van der Waals surface area contributed by atoms with Crippen molar-refractivity contribution >= 4 is 40.7 Å². The maximum Gasteiger partial charge on any atom is 0.329 e. The molecule has 0 aliphatic rings. The van der Waals surface area contributed by atoms with E-state index >= 15 is 0 Å². The first kappa shape index (κ1) is 20.6. The molecule has 0 bridgehead atoms. The van der Waals surface area contributed by atoms with Gasteiger partial charge in [-0.2, -0.15) is 5.10 Å². The van der Waals surface area contributed by atoms with Crippen molar-refractivity contribution in [2.24, 2.45) is 5.10 Å². The summed E-state index contributed by atoms with van der Waals surface area (Å²) in [4.78, 5) is 34.8. The van der Waals surface area contributed by atoms with Gasteiger partial charge in [-0.1, -0.05) is 17.7 Å². The van der Waals surface area contributed by atoms with Crippen LogP contribution in [0, 0.1) is 6.92 Å². The van der Waals surface area contributed by atoms with Gasteiger partial charge in [-0.15, -0.1) is 0 Å². The molecule has 136 valence electrons. The largest absolute Gasteiger partial charge is 0.383 e. The Morgan fingerprint density at radius 2 is 1.96 bits per heavy atom. The van der Waals surface area contributed by atoms with E-state index < -0.39 is 11.8 Å². The van der Waals surface area contributed by atoms with E-state index in [9.17, 15) is 14.4 Å². The number of anilines is 1. The molecule has 0 fully saturated rings. The van der Waals surface area contributed by atoms with Crippen molar-refractivity contribution in [2.45, 2.75) is 20.3 Å². The van der Waals surface area contributed by atoms with Crippen molar-refractivity contribution in [1.82, 2.24) is 10.7 Å². The summed E-state index contributed by atoms with van der Waals surface area (Å²) in [7, 11) is 1.48. The van der Waals surface area contributed by atoms with Crippen LogP contribution in [0.4, 0.5) is 5.69 Å². The molecule has 8 nitrogen and oxygen atoms in total. The quantitative estimate of drug-likeness (QED) is 0.291. The minimum absolute atomic E-state index is 0.0446. The number of halogens is 1. The van der Waals surface area contributed by atoms with Crippen molar-refractivity contribution < 1.29 is 19.1 Å². The van der Waals surface area contributed by atoms with Crippen LogP contribution in [0.3, 0.4) is 0 Å². The molecular weight excluding hydrogens is 348 g/mol. The van der Waals surface area contributed by atoms with E-state index in [1.54, 1.807) is 25.1 Å². The molecule has 1 rings (SSSR count). The number of benzene rings is 1. The molecule has 0 atom stereocenters. The summed E-state index contributed by atoms with van der Waals surface area (Å²) in [6.45, 7) is 3.93. The summed E-state index contributed by atoms with van der Waals surface area (Å²) in [6, 6.07) is 5.17. The number of aryl methyl sites for hydroxylation is 1. The van der Waals surface area contributed by atoms with Crippen LogP contribution in [0.2, 0.25) is 5.02 Å². The highest BCUT2D eigenvalue weighted by atomic mass is 35.5. The number of ether oxygens (including phenoxy) is 1. The lowest BCUT2D eigenvalue weighted by atomic mass is 10.2. The summed E-state index contributed by atoms with van der Waals surface area (Å²) < 4.78 is 4.75. The van der Waals surface area contributed by atoms with E-state index in [4.69, 9.17) is 16.3 Å². The Labute approximate surface area is 150 Å². The third-order valence-corrected chi connectivity index (χ3v) is 3.43. The van der Waals surface area contributed by atoms with E-state index in [1.807, 2.05) is 6.92 Å². The average Bonchev–Trinajstić information content (AvgIpc) is 2.56. The van der Waals surface area contributed by atoms with E-state index in [0.717, 1.165) is 5.56 Å². The normalized spacial score (nSPS) is 11.0.